The van der Waals surface area contributed by atoms with Crippen LogP contribution in [0.2, 0.25) is 0 Å². The minimum atomic E-state index is -2.10. The molecule has 6 aliphatic heterocycles. The highest BCUT2D eigenvalue weighted by atomic mass is 16.8. The second-order valence-corrected chi connectivity index (χ2v) is 29.4. The van der Waals surface area contributed by atoms with Crippen LogP contribution in [-0.4, -0.2) is 304 Å². The lowest BCUT2D eigenvalue weighted by molar-refractivity contribution is -0.395. The molecule has 0 spiro atoms. The number of carboxylic acid groups (broad SMARTS) is 1. The summed E-state index contributed by atoms with van der Waals surface area (Å²) in [5.74, 6) is 0.103. The van der Waals surface area contributed by atoms with Gasteiger partial charge in [-0.05, 0) is 104 Å². The van der Waals surface area contributed by atoms with Gasteiger partial charge in [0, 0.05) is 0 Å². The minimum absolute atomic E-state index is 0.0318. The standard InChI is InChI=1S/C64H104O30/c1-25(2)26(3)9-10-27(4)28-14-18-64(60(81)82)30-11-12-37-61(5,6)38(15-16-62(37,7)29(30)13-17-63(28,64)8)90-58-53(94-57-48(79)43(74)40(71)33(19-65)86-57)50(32(69)23-84-58)91-55-47(78)42(73)36(24-85-55)89-56-49(80)45(76)51(35(21-67)88-56)92-59-52(44(75)41(72)34(20-66)87-59)93-54-46(77)39(70)31(68)22-83-54/h25,27-28,31-59,65-80H,3,9-24H2,1-2,4-8H3,(H,81,82)/t27-,28-,31-,32+,33-,34-,35-,36+,37+,38+,39+,40+,41-,42+,43+,44+,45-,46-,47-,48-,49-,50+,51+,52-,53-,54+,55+,56+,57+,58+,59+,62-,63-,64+/m1/s1. The Balaban J connectivity index is 0.835. The maximum absolute atomic E-state index is 14.1. The average Bonchev–Trinajstić information content (AvgIpc) is 1.34. The lowest BCUT2D eigenvalue weighted by Crippen LogP contribution is -2.67. The Hall–Kier alpha value is -2.17. The number of carbonyl (C=O) groups is 1. The molecule has 0 unspecified atom stereocenters. The first-order valence-corrected chi connectivity index (χ1v) is 33.4. The number of carboxylic acids is 1. The van der Waals surface area contributed by atoms with Gasteiger partial charge in [-0.3, -0.25) is 4.79 Å². The summed E-state index contributed by atoms with van der Waals surface area (Å²) in [5.41, 5.74) is 0.962. The number of allylic oxidation sites excluding steroid dienone is 2. The number of aliphatic carboxylic acids is 1. The summed E-state index contributed by atoms with van der Waals surface area (Å²) in [7, 11) is 0. The van der Waals surface area contributed by atoms with Gasteiger partial charge in [0.2, 0.25) is 0 Å². The first kappa shape index (κ1) is 74.5. The fourth-order valence-corrected chi connectivity index (χ4v) is 17.7. The SMILES string of the molecule is C=C(CC[C@@H](C)[C@H]1CC[C@@]2(C(=O)O)C3=C(CC[C@]12C)[C@@]1(C)CC[C@H](O[C@@H]2OC[C@H](O)[C@H](O[C@@H]4OC[C@H](O[C@@H]5O[C@H](CO)[C@H](O[C@@H]6O[C@H](CO)[C@@H](O)[C@H](O)[C@H]6O[C@@H]6OC[C@@H](O)[C@H](O)[C@H]6O)[C@H](O)[C@H]5O)[C@H](O)[C@H]4O)[C@H]2O[C@@H]2O[C@H](CO)[C@H](O)[C@H](O)[C@H]2O)C(C)(C)[C@@H]1CC3)C(C)C. The fourth-order valence-electron chi connectivity index (χ4n) is 17.7. The molecule has 34 atom stereocenters. The highest BCUT2D eigenvalue weighted by Gasteiger charge is 2.69. The highest BCUT2D eigenvalue weighted by Crippen LogP contribution is 2.73. The van der Waals surface area contributed by atoms with Gasteiger partial charge >= 0.3 is 5.97 Å². The Morgan fingerprint density at radius 2 is 1.04 bits per heavy atom. The number of hydrogen-bond acceptors (Lipinski definition) is 29. The number of aliphatic hydroxyl groups is 16. The van der Waals surface area contributed by atoms with E-state index >= 15 is 0 Å². The average molecular weight is 1350 g/mol. The zero-order valence-corrected chi connectivity index (χ0v) is 54.4. The summed E-state index contributed by atoms with van der Waals surface area (Å²) in [5, 5.41) is 186. The molecule has 30 heteroatoms. The van der Waals surface area contributed by atoms with Crippen LogP contribution in [0, 0.1) is 45.3 Å². The predicted molar refractivity (Wildman–Crippen MR) is 317 cm³/mol. The van der Waals surface area contributed by atoms with Gasteiger partial charge in [-0.1, -0.05) is 71.8 Å². The third kappa shape index (κ3) is 13.4. The Morgan fingerprint density at radius 1 is 0.511 bits per heavy atom. The summed E-state index contributed by atoms with van der Waals surface area (Å²) in [6, 6.07) is 0. The lowest BCUT2D eigenvalue weighted by Gasteiger charge is -2.62. The Morgan fingerprint density at radius 3 is 1.69 bits per heavy atom. The number of ether oxygens (including phenoxy) is 12. The highest BCUT2D eigenvalue weighted by molar-refractivity contribution is 5.82. The van der Waals surface area contributed by atoms with Crippen LogP contribution in [0.1, 0.15) is 113 Å². The molecule has 6 saturated heterocycles. The Labute approximate surface area is 545 Å². The van der Waals surface area contributed by atoms with E-state index in [9.17, 15) is 91.6 Å². The van der Waals surface area contributed by atoms with Gasteiger partial charge in [-0.15, -0.1) is 0 Å². The van der Waals surface area contributed by atoms with E-state index in [-0.39, 0.29) is 11.8 Å². The van der Waals surface area contributed by atoms with Gasteiger partial charge in [0.25, 0.3) is 0 Å². The van der Waals surface area contributed by atoms with Gasteiger partial charge in [-0.25, -0.2) is 0 Å². The van der Waals surface area contributed by atoms with E-state index in [2.05, 4.69) is 55.0 Å². The van der Waals surface area contributed by atoms with E-state index in [1.807, 2.05) is 0 Å². The maximum Gasteiger partial charge on any atom is 0.314 e. The molecule has 10 aliphatic rings. The Bertz CT molecular complexity index is 2600. The normalized spacial score (nSPS) is 50.2. The lowest BCUT2D eigenvalue weighted by atomic mass is 9.43. The molecule has 0 radical (unpaired) electrons. The molecule has 0 amide bonds. The molecule has 10 rings (SSSR count). The van der Waals surface area contributed by atoms with Crippen molar-refractivity contribution >= 4 is 5.97 Å². The smallest absolute Gasteiger partial charge is 0.314 e. The molecule has 94 heavy (non-hydrogen) atoms. The first-order chi connectivity index (χ1) is 44.3. The quantitative estimate of drug-likeness (QED) is 0.0499. The van der Waals surface area contributed by atoms with Gasteiger partial charge in [0.05, 0.1) is 51.2 Å². The molecule has 6 heterocycles. The molecule has 4 aliphatic carbocycles. The summed E-state index contributed by atoms with van der Waals surface area (Å²) in [4.78, 5) is 14.1. The molecule has 2 saturated carbocycles. The summed E-state index contributed by atoms with van der Waals surface area (Å²) in [6.45, 7) is 15.2. The molecule has 30 nitrogen and oxygen atoms in total. The van der Waals surface area contributed by atoms with E-state index in [1.54, 1.807) is 0 Å². The van der Waals surface area contributed by atoms with Crippen molar-refractivity contribution in [3.8, 4) is 0 Å². The molecule has 0 aromatic carbocycles. The number of rotatable bonds is 21. The van der Waals surface area contributed by atoms with Crippen LogP contribution in [-0.2, 0) is 61.6 Å². The summed E-state index contributed by atoms with van der Waals surface area (Å²) in [6.07, 6.45) is -41.8. The zero-order valence-electron chi connectivity index (χ0n) is 54.4. The van der Waals surface area contributed by atoms with Crippen LogP contribution in [0.3, 0.4) is 0 Å². The summed E-state index contributed by atoms with van der Waals surface area (Å²) < 4.78 is 71.9. The van der Waals surface area contributed by atoms with Crippen molar-refractivity contribution in [3.05, 3.63) is 23.3 Å². The maximum atomic E-state index is 14.1. The van der Waals surface area contributed by atoms with Crippen LogP contribution in [0.4, 0.5) is 0 Å². The number of hydrogen-bond donors (Lipinski definition) is 17. The largest absolute Gasteiger partial charge is 0.481 e. The topological polar surface area (TPSA) is 472 Å². The van der Waals surface area contributed by atoms with Gasteiger partial charge in [-0.2, -0.15) is 0 Å². The third-order valence-corrected chi connectivity index (χ3v) is 23.5. The molecule has 540 valence electrons. The van der Waals surface area contributed by atoms with Crippen LogP contribution >= 0.6 is 0 Å². The monoisotopic (exact) mass is 1350 g/mol. The zero-order chi connectivity index (χ0) is 68.6. The number of fused-ring (bicyclic) bond motifs is 4. The van der Waals surface area contributed by atoms with Crippen molar-refractivity contribution < 1.29 is 148 Å². The molecular formula is C64H104O30. The van der Waals surface area contributed by atoms with E-state index in [0.717, 1.165) is 37.7 Å². The first-order valence-electron chi connectivity index (χ1n) is 33.4. The summed E-state index contributed by atoms with van der Waals surface area (Å²) >= 11 is 0. The second kappa shape index (κ2) is 29.4. The Kier molecular flexibility index (Phi) is 23.3. The van der Waals surface area contributed by atoms with Crippen molar-refractivity contribution in [2.45, 2.75) is 285 Å². The van der Waals surface area contributed by atoms with Crippen molar-refractivity contribution in [1.82, 2.24) is 0 Å². The van der Waals surface area contributed by atoms with Crippen LogP contribution < -0.4 is 0 Å². The second-order valence-electron chi connectivity index (χ2n) is 29.4. The fraction of sp³-hybridized carbons (Fsp3) is 0.922. The van der Waals surface area contributed by atoms with E-state index in [0.29, 0.717) is 43.9 Å². The van der Waals surface area contributed by atoms with E-state index < -0.39 is 239 Å². The van der Waals surface area contributed by atoms with Crippen LogP contribution in [0.5, 0.6) is 0 Å². The number of aliphatic hydroxyl groups excluding tert-OH is 16. The van der Waals surface area contributed by atoms with Gasteiger partial charge < -0.3 is 144 Å². The van der Waals surface area contributed by atoms with Gasteiger partial charge in [0.1, 0.15) is 128 Å². The van der Waals surface area contributed by atoms with Crippen molar-refractivity contribution in [3.63, 3.8) is 0 Å². The van der Waals surface area contributed by atoms with Crippen LogP contribution in [0.15, 0.2) is 23.3 Å². The predicted octanol–water partition coefficient (Wildman–Crippen LogP) is -3.35. The molecule has 0 aromatic heterocycles. The minimum Gasteiger partial charge on any atom is -0.481 e. The van der Waals surface area contributed by atoms with E-state index in [4.69, 9.17) is 56.8 Å². The van der Waals surface area contributed by atoms with Crippen LogP contribution in [0.25, 0.3) is 0 Å². The molecule has 17 N–H and O–H groups in total. The third-order valence-electron chi connectivity index (χ3n) is 23.5. The molecule has 0 bridgehead atoms. The molecule has 0 aromatic rings. The van der Waals surface area contributed by atoms with Crippen molar-refractivity contribution in [2.24, 2.45) is 45.3 Å². The van der Waals surface area contributed by atoms with Gasteiger partial charge in [0.15, 0.2) is 37.7 Å². The van der Waals surface area contributed by atoms with E-state index in [1.165, 1.54) is 11.1 Å². The van der Waals surface area contributed by atoms with Crippen molar-refractivity contribution in [1.29, 1.82) is 0 Å². The molecular weight excluding hydrogens is 1250 g/mol. The molecule has 8 fully saturated rings. The van der Waals surface area contributed by atoms with Crippen molar-refractivity contribution in [2.75, 3.05) is 39.6 Å².